The van der Waals surface area contributed by atoms with Crippen molar-refractivity contribution in [1.82, 2.24) is 0 Å². The van der Waals surface area contributed by atoms with Gasteiger partial charge in [-0.05, 0) is 63.5 Å². The van der Waals surface area contributed by atoms with Crippen LogP contribution in [0.3, 0.4) is 0 Å². The van der Waals surface area contributed by atoms with Crippen molar-refractivity contribution < 1.29 is 4.74 Å². The molecule has 2 nitrogen and oxygen atoms in total. The highest BCUT2D eigenvalue weighted by molar-refractivity contribution is 5.84. The minimum absolute atomic E-state index is 0.389. The Kier molecular flexibility index (Phi) is 5.54. The zero-order valence-electron chi connectivity index (χ0n) is 13.7. The summed E-state index contributed by atoms with van der Waals surface area (Å²) in [5, 5.41) is 0. The van der Waals surface area contributed by atoms with Crippen molar-refractivity contribution in [1.29, 1.82) is 0 Å². The number of hydrogen-bond donors (Lipinski definition) is 0. The van der Waals surface area contributed by atoms with Gasteiger partial charge in [0, 0.05) is 18.5 Å². The molecule has 0 aromatic carbocycles. The van der Waals surface area contributed by atoms with Crippen LogP contribution in [-0.2, 0) is 4.74 Å². The number of hydrogen-bond acceptors (Lipinski definition) is 2. The van der Waals surface area contributed by atoms with Crippen LogP contribution in [0.15, 0.2) is 27.4 Å². The molecule has 0 unspecified atom stereocenters. The molecule has 19 heavy (non-hydrogen) atoms. The number of aliphatic imine (C=N–C) groups is 1. The second-order valence-corrected chi connectivity index (χ2v) is 6.67. The third-order valence-corrected chi connectivity index (χ3v) is 3.92. The van der Waals surface area contributed by atoms with Crippen molar-refractivity contribution >= 4 is 5.71 Å². The minimum Gasteiger partial charge on any atom is -0.379 e. The lowest BCUT2D eigenvalue weighted by molar-refractivity contribution is 0.244. The van der Waals surface area contributed by atoms with Crippen molar-refractivity contribution in [2.24, 2.45) is 10.4 Å². The molecule has 108 valence electrons. The molecule has 0 aliphatic heterocycles. The van der Waals surface area contributed by atoms with E-state index >= 15 is 0 Å². The van der Waals surface area contributed by atoms with Gasteiger partial charge >= 0.3 is 0 Å². The maximum Gasteiger partial charge on any atom is 0.0842 e. The normalized spacial score (nSPS) is 19.6. The van der Waals surface area contributed by atoms with E-state index in [4.69, 9.17) is 9.73 Å². The Morgan fingerprint density at radius 2 is 1.84 bits per heavy atom. The van der Waals surface area contributed by atoms with E-state index in [1.165, 1.54) is 28.8 Å². The van der Waals surface area contributed by atoms with Crippen LogP contribution in [-0.4, -0.2) is 19.4 Å². The molecule has 0 aromatic rings. The Balaban J connectivity index is 3.19. The highest BCUT2D eigenvalue weighted by Gasteiger charge is 2.28. The molecular formula is C17H29NO. The fourth-order valence-electron chi connectivity index (χ4n) is 2.52. The van der Waals surface area contributed by atoms with Crippen LogP contribution in [0, 0.1) is 5.41 Å². The molecular weight excluding hydrogens is 234 g/mol. The molecule has 2 heteroatoms. The monoisotopic (exact) mass is 263 g/mol. The van der Waals surface area contributed by atoms with Crippen LogP contribution in [0.2, 0.25) is 0 Å². The van der Waals surface area contributed by atoms with E-state index in [0.717, 1.165) is 18.6 Å². The molecule has 0 spiro atoms. The van der Waals surface area contributed by atoms with E-state index in [-0.39, 0.29) is 0 Å². The van der Waals surface area contributed by atoms with Crippen molar-refractivity contribution in [3.63, 3.8) is 0 Å². The second-order valence-electron chi connectivity index (χ2n) is 6.67. The van der Waals surface area contributed by atoms with E-state index in [2.05, 4.69) is 34.6 Å². The first-order valence-corrected chi connectivity index (χ1v) is 7.16. The molecule has 0 fully saturated rings. The van der Waals surface area contributed by atoms with Gasteiger partial charge in [0.1, 0.15) is 0 Å². The van der Waals surface area contributed by atoms with Gasteiger partial charge < -0.3 is 4.74 Å². The SMILES string of the molecule is COCC(C)=NC1=C(C(C)=C(C)C)CC(C)(C)CC1. The Morgan fingerprint density at radius 1 is 1.21 bits per heavy atom. The molecule has 0 saturated carbocycles. The van der Waals surface area contributed by atoms with Crippen LogP contribution in [0.1, 0.15) is 60.8 Å². The molecule has 0 aromatic heterocycles. The van der Waals surface area contributed by atoms with Gasteiger partial charge in [0.15, 0.2) is 0 Å². The zero-order chi connectivity index (χ0) is 14.6. The highest BCUT2D eigenvalue weighted by atomic mass is 16.5. The fourth-order valence-corrected chi connectivity index (χ4v) is 2.52. The minimum atomic E-state index is 0.389. The Labute approximate surface area is 118 Å². The van der Waals surface area contributed by atoms with Gasteiger partial charge in [0.2, 0.25) is 0 Å². The second kappa shape index (κ2) is 6.51. The van der Waals surface area contributed by atoms with Crippen molar-refractivity contribution in [2.75, 3.05) is 13.7 Å². The van der Waals surface area contributed by atoms with Crippen LogP contribution in [0.5, 0.6) is 0 Å². The third-order valence-electron chi connectivity index (χ3n) is 3.92. The highest BCUT2D eigenvalue weighted by Crippen LogP contribution is 2.42. The maximum atomic E-state index is 5.16. The summed E-state index contributed by atoms with van der Waals surface area (Å²) in [7, 11) is 1.72. The molecule has 0 amide bonds. The number of allylic oxidation sites excluding steroid dienone is 4. The van der Waals surface area contributed by atoms with Gasteiger partial charge in [-0.15, -0.1) is 0 Å². The quantitative estimate of drug-likeness (QED) is 0.660. The maximum absolute atomic E-state index is 5.16. The summed E-state index contributed by atoms with van der Waals surface area (Å²) in [5.41, 5.74) is 6.98. The number of methoxy groups -OCH3 is 1. The first-order valence-electron chi connectivity index (χ1n) is 7.16. The summed E-state index contributed by atoms with van der Waals surface area (Å²) in [6.07, 6.45) is 3.42. The van der Waals surface area contributed by atoms with Crippen molar-refractivity contribution in [2.45, 2.75) is 60.8 Å². The van der Waals surface area contributed by atoms with Crippen LogP contribution >= 0.6 is 0 Å². The van der Waals surface area contributed by atoms with Crippen LogP contribution in [0.4, 0.5) is 0 Å². The lowest BCUT2D eigenvalue weighted by Crippen LogP contribution is -2.19. The summed E-state index contributed by atoms with van der Waals surface area (Å²) >= 11 is 0. The summed E-state index contributed by atoms with van der Waals surface area (Å²) in [5.74, 6) is 0. The Morgan fingerprint density at radius 3 is 2.37 bits per heavy atom. The number of ether oxygens (including phenoxy) is 1. The molecule has 0 N–H and O–H groups in total. The molecule has 1 aliphatic carbocycles. The fraction of sp³-hybridized carbons (Fsp3) is 0.706. The molecule has 0 radical (unpaired) electrons. The van der Waals surface area contributed by atoms with Crippen molar-refractivity contribution in [3.05, 3.63) is 22.4 Å². The van der Waals surface area contributed by atoms with Gasteiger partial charge in [-0.25, -0.2) is 0 Å². The molecule has 0 heterocycles. The van der Waals surface area contributed by atoms with E-state index in [9.17, 15) is 0 Å². The molecule has 0 atom stereocenters. The topological polar surface area (TPSA) is 21.6 Å². The molecule has 0 bridgehead atoms. The Hall–Kier alpha value is -0.890. The van der Waals surface area contributed by atoms with Gasteiger partial charge in [-0.2, -0.15) is 0 Å². The van der Waals surface area contributed by atoms with Gasteiger partial charge in [0.25, 0.3) is 0 Å². The lowest BCUT2D eigenvalue weighted by atomic mass is 9.74. The van der Waals surface area contributed by atoms with Gasteiger partial charge in [-0.1, -0.05) is 19.4 Å². The van der Waals surface area contributed by atoms with Crippen LogP contribution < -0.4 is 0 Å². The van der Waals surface area contributed by atoms with Gasteiger partial charge in [-0.3, -0.25) is 4.99 Å². The van der Waals surface area contributed by atoms with Crippen LogP contribution in [0.25, 0.3) is 0 Å². The molecule has 1 rings (SSSR count). The predicted molar refractivity (Wildman–Crippen MR) is 83.7 cm³/mol. The zero-order valence-corrected chi connectivity index (χ0v) is 13.7. The molecule has 0 saturated heterocycles. The first kappa shape index (κ1) is 16.2. The third kappa shape index (κ3) is 4.61. The molecule has 1 aliphatic rings. The first-order chi connectivity index (χ1) is 8.76. The van der Waals surface area contributed by atoms with E-state index in [0.29, 0.717) is 12.0 Å². The largest absolute Gasteiger partial charge is 0.379 e. The van der Waals surface area contributed by atoms with E-state index < -0.39 is 0 Å². The summed E-state index contributed by atoms with van der Waals surface area (Å²) in [6, 6.07) is 0. The van der Waals surface area contributed by atoms with E-state index in [1.807, 2.05) is 6.92 Å². The summed E-state index contributed by atoms with van der Waals surface area (Å²) in [6.45, 7) is 14.0. The standard InChI is InChI=1S/C17H29NO/c1-12(2)14(4)15-10-17(5,6)9-8-16(15)18-13(3)11-19-7/h8-11H2,1-7H3. The number of nitrogens with zero attached hydrogens (tertiary/aromatic N) is 1. The average molecular weight is 263 g/mol. The Bertz CT molecular complexity index is 421. The summed E-state index contributed by atoms with van der Waals surface area (Å²) in [4.78, 5) is 4.81. The summed E-state index contributed by atoms with van der Waals surface area (Å²) < 4.78 is 5.16. The number of rotatable bonds is 4. The lowest BCUT2D eigenvalue weighted by Gasteiger charge is -2.33. The smallest absolute Gasteiger partial charge is 0.0842 e. The van der Waals surface area contributed by atoms with E-state index in [1.54, 1.807) is 7.11 Å². The average Bonchev–Trinajstić information content (AvgIpc) is 2.30. The van der Waals surface area contributed by atoms with Gasteiger partial charge in [0.05, 0.1) is 6.61 Å². The van der Waals surface area contributed by atoms with Crippen molar-refractivity contribution in [3.8, 4) is 0 Å². The predicted octanol–water partition coefficient (Wildman–Crippen LogP) is 4.91.